The van der Waals surface area contributed by atoms with Gasteiger partial charge in [-0.15, -0.1) is 0 Å². The minimum Gasteiger partial charge on any atom is -0.463 e. The summed E-state index contributed by atoms with van der Waals surface area (Å²) in [4.78, 5) is 58.8. The Kier molecular flexibility index (Phi) is 80.3. The van der Waals surface area contributed by atoms with Crippen molar-refractivity contribution in [3.63, 3.8) is 0 Å². The third-order valence-electron chi connectivity index (χ3n) is 18.7. The molecule has 4 N–H and O–H groups in total. The van der Waals surface area contributed by atoms with Crippen molar-refractivity contribution in [2.45, 2.75) is 399 Å². The van der Waals surface area contributed by atoms with Crippen molar-refractivity contribution < 1.29 is 75.8 Å². The Labute approximate surface area is 665 Å². The molecule has 18 heteroatoms. The van der Waals surface area contributed by atoms with Crippen LogP contribution in [0.1, 0.15) is 380 Å². The molecule has 0 radical (unpaired) electrons. The molecule has 0 aromatic heterocycles. The molecule has 0 aliphatic heterocycles. The van der Waals surface area contributed by atoms with E-state index in [0.29, 0.717) is 19.3 Å². The molecule has 0 amide bonds. The molecule has 0 aliphatic rings. The lowest BCUT2D eigenvalue weighted by atomic mass is 10.0. The largest absolute Gasteiger partial charge is 0.472 e. The van der Waals surface area contributed by atoms with Crippen LogP contribution in [-0.2, 0) is 55.8 Å². The molecule has 0 spiro atoms. The van der Waals surface area contributed by atoms with E-state index in [9.17, 15) is 43.5 Å². The van der Waals surface area contributed by atoms with E-state index in [-0.39, 0.29) is 19.3 Å². The van der Waals surface area contributed by atoms with Crippen molar-refractivity contribution in [2.24, 2.45) is 0 Å². The summed E-state index contributed by atoms with van der Waals surface area (Å²) in [5, 5.41) is 20.7. The van der Waals surface area contributed by atoms with Crippen LogP contribution in [-0.4, -0.2) is 95.9 Å². The van der Waals surface area contributed by atoms with Gasteiger partial charge in [0.25, 0.3) is 0 Å². The van der Waals surface area contributed by atoms with Crippen LogP contribution in [0.4, 0.5) is 0 Å². The Balaban J connectivity index is 4.40. The van der Waals surface area contributed by atoms with Gasteiger partial charge in [-0.2, -0.15) is 0 Å². The Hall–Kier alpha value is -4.05. The first-order valence-corrected chi connectivity index (χ1v) is 46.8. The number of phosphoric acid groups is 2. The van der Waals surface area contributed by atoms with E-state index in [1.807, 2.05) is 0 Å². The van der Waals surface area contributed by atoms with Crippen molar-refractivity contribution in [1.82, 2.24) is 0 Å². The second kappa shape index (κ2) is 83.4. The van der Waals surface area contributed by atoms with E-state index in [1.165, 1.54) is 180 Å². The molecule has 0 bridgehead atoms. The minimum absolute atomic E-state index is 0.107. The summed E-state index contributed by atoms with van der Waals surface area (Å²) in [5.74, 6) is -1.56. The number of hydrogen-bond acceptors (Lipinski definition) is 14. The molecule has 5 unspecified atom stereocenters. The highest BCUT2D eigenvalue weighted by molar-refractivity contribution is 7.47. The highest BCUT2D eigenvalue weighted by atomic mass is 31.2. The summed E-state index contributed by atoms with van der Waals surface area (Å²) in [6.45, 7) is 2.51. The van der Waals surface area contributed by atoms with Crippen LogP contribution in [0.25, 0.3) is 0 Å². The summed E-state index contributed by atoms with van der Waals surface area (Å²) >= 11 is 0. The maximum atomic E-state index is 13.0. The van der Waals surface area contributed by atoms with Crippen LogP contribution in [0.5, 0.6) is 0 Å². The number of allylic oxidation sites excluding steroid dienone is 20. The molecule has 0 saturated heterocycles. The molecule has 0 heterocycles. The van der Waals surface area contributed by atoms with Gasteiger partial charge in [0.1, 0.15) is 25.4 Å². The number of carbonyl (C=O) groups is 3. The van der Waals surface area contributed by atoms with Crippen LogP contribution in [0, 0.1) is 0 Å². The van der Waals surface area contributed by atoms with Crippen LogP contribution in [0.3, 0.4) is 0 Å². The fourth-order valence-electron chi connectivity index (χ4n) is 12.1. The van der Waals surface area contributed by atoms with E-state index in [1.54, 1.807) is 0 Å². The maximum absolute atomic E-state index is 13.0. The lowest BCUT2D eigenvalue weighted by Crippen LogP contribution is -2.30. The van der Waals surface area contributed by atoms with Gasteiger partial charge in [0.15, 0.2) is 6.10 Å². The number of aliphatic hydroxyl groups excluding tert-OH is 2. The van der Waals surface area contributed by atoms with Gasteiger partial charge in [0, 0.05) is 19.3 Å². The standard InChI is InChI=1S/C91H160O16P2/c1-4-7-10-13-16-19-22-25-27-29-31-33-35-37-39-40-41-42-43-44-46-48-49-51-53-55-57-60-62-65-68-71-74-77-89(94)101-80-86(92)81-103-108(97,98)104-82-87(93)83-105-109(99,100)106-85-88(107-91(96)79-76-73-70-67-64-59-24-21-18-15-12-9-6-3)84-102-90(95)78-75-72-69-66-63-61-58-56-54-52-50-47-45-38-36-34-32-30-28-26-23-20-17-14-11-8-5-2/h7-8,10-11,16-17,19-20,25-28,31-34,37-39,45,86-88,92-93H,4-6,9,12-15,18,21-24,29-30,35-36,40-44,46-85H2,1-3H3,(H,97,98)(H,99,100)/b10-7-,11-8-,19-16-,20-17-,27-25-,28-26-,33-31-,34-32-,39-37-,45-38-. The Morgan fingerprint density at radius 3 is 0.771 bits per heavy atom. The first kappa shape index (κ1) is 105. The Bertz CT molecular complexity index is 2460. The molecule has 0 aromatic carbocycles. The van der Waals surface area contributed by atoms with Crippen molar-refractivity contribution in [2.75, 3.05) is 39.6 Å². The number of carbonyl (C=O) groups excluding carboxylic acids is 3. The number of rotatable bonds is 83. The number of unbranched alkanes of at least 4 members (excludes halogenated alkanes) is 40. The monoisotopic (exact) mass is 1570 g/mol. The van der Waals surface area contributed by atoms with Gasteiger partial charge >= 0.3 is 33.6 Å². The fraction of sp³-hybridized carbons (Fsp3) is 0.747. The molecule has 0 saturated carbocycles. The second-order valence-corrected chi connectivity index (χ2v) is 32.2. The average Bonchev–Trinajstić information content (AvgIpc) is 0.915. The van der Waals surface area contributed by atoms with Crippen molar-refractivity contribution in [3.05, 3.63) is 122 Å². The van der Waals surface area contributed by atoms with Gasteiger partial charge in [-0.3, -0.25) is 32.5 Å². The number of hydrogen-bond donors (Lipinski definition) is 4. The predicted octanol–water partition coefficient (Wildman–Crippen LogP) is 26.4. The maximum Gasteiger partial charge on any atom is 0.472 e. The van der Waals surface area contributed by atoms with E-state index in [0.717, 1.165) is 141 Å². The number of aliphatic hydroxyl groups is 2. The van der Waals surface area contributed by atoms with Gasteiger partial charge in [-0.25, -0.2) is 9.13 Å². The van der Waals surface area contributed by atoms with Crippen LogP contribution < -0.4 is 0 Å². The van der Waals surface area contributed by atoms with Gasteiger partial charge < -0.3 is 34.2 Å². The molecule has 16 nitrogen and oxygen atoms in total. The predicted molar refractivity (Wildman–Crippen MR) is 454 cm³/mol. The van der Waals surface area contributed by atoms with Crippen molar-refractivity contribution >= 4 is 33.6 Å². The zero-order valence-electron chi connectivity index (χ0n) is 69.2. The number of phosphoric ester groups is 2. The molecule has 5 atom stereocenters. The summed E-state index contributed by atoms with van der Waals surface area (Å²) in [7, 11) is -9.79. The molecule has 0 fully saturated rings. The van der Waals surface area contributed by atoms with Gasteiger partial charge in [0.05, 0.1) is 26.4 Å². The topological polar surface area (TPSA) is 231 Å². The summed E-state index contributed by atoms with van der Waals surface area (Å²) in [5.41, 5.74) is 0. The Morgan fingerprint density at radius 2 is 0.486 bits per heavy atom. The van der Waals surface area contributed by atoms with E-state index < -0.39 is 91.5 Å². The molecular weight excluding hydrogens is 1410 g/mol. The van der Waals surface area contributed by atoms with Gasteiger partial charge in [0.2, 0.25) is 0 Å². The normalized spacial score (nSPS) is 14.4. The summed E-state index contributed by atoms with van der Waals surface area (Å²) < 4.78 is 61.3. The second-order valence-electron chi connectivity index (χ2n) is 29.3. The van der Waals surface area contributed by atoms with E-state index in [4.69, 9.17) is 32.3 Å². The average molecular weight is 1570 g/mol. The summed E-state index contributed by atoms with van der Waals surface area (Å²) in [6.07, 6.45) is 101. The molecule has 0 aromatic rings. The third-order valence-corrected chi connectivity index (χ3v) is 20.6. The van der Waals surface area contributed by atoms with Crippen molar-refractivity contribution in [3.8, 4) is 0 Å². The van der Waals surface area contributed by atoms with Gasteiger partial charge in [-0.05, 0) is 109 Å². The minimum atomic E-state index is -4.93. The third kappa shape index (κ3) is 84.7. The molecule has 0 aliphatic carbocycles. The van der Waals surface area contributed by atoms with E-state index >= 15 is 0 Å². The highest BCUT2D eigenvalue weighted by Gasteiger charge is 2.29. The SMILES string of the molecule is CC/C=C\C/C=C\C/C=C\C/C=C\C/C=C\CCCCCCCCCCCCCCCCCCCC(=O)OCC(O)COP(=O)(O)OCC(O)COP(=O)(O)OCC(COC(=O)CCCCCCCCCCCCC/C=C\C/C=C\C/C=C\C/C=C\C/C=C\CC)OC(=O)CCCCCCCCCCCCCCC. The quantitative estimate of drug-likeness (QED) is 0.0146. The fourth-order valence-corrected chi connectivity index (χ4v) is 13.7. The zero-order chi connectivity index (χ0) is 79.4. The smallest absolute Gasteiger partial charge is 0.463 e. The lowest BCUT2D eigenvalue weighted by Gasteiger charge is -2.21. The van der Waals surface area contributed by atoms with Crippen molar-refractivity contribution in [1.29, 1.82) is 0 Å². The van der Waals surface area contributed by atoms with Crippen LogP contribution in [0.2, 0.25) is 0 Å². The lowest BCUT2D eigenvalue weighted by molar-refractivity contribution is -0.161. The Morgan fingerprint density at radius 1 is 0.266 bits per heavy atom. The van der Waals surface area contributed by atoms with Crippen LogP contribution >= 0.6 is 15.6 Å². The van der Waals surface area contributed by atoms with E-state index in [2.05, 4.69) is 142 Å². The highest BCUT2D eigenvalue weighted by Crippen LogP contribution is 2.45. The van der Waals surface area contributed by atoms with Crippen LogP contribution in [0.15, 0.2) is 122 Å². The molecule has 630 valence electrons. The first-order valence-electron chi connectivity index (χ1n) is 43.8. The zero-order valence-corrected chi connectivity index (χ0v) is 71.0. The molecular formula is C91H160O16P2. The summed E-state index contributed by atoms with van der Waals surface area (Å²) in [6, 6.07) is 0. The van der Waals surface area contributed by atoms with Gasteiger partial charge in [-0.1, -0.05) is 373 Å². The number of ether oxygens (including phenoxy) is 3. The first-order chi connectivity index (χ1) is 53.2. The molecule has 109 heavy (non-hydrogen) atoms. The number of esters is 3. The molecule has 0 rings (SSSR count).